The monoisotopic (exact) mass is 318 g/mol. The Morgan fingerprint density at radius 2 is 2.07 bits per heavy atom. The fourth-order valence-electron chi connectivity index (χ4n) is 1.15. The second-order valence-electron chi connectivity index (χ2n) is 2.87. The Morgan fingerprint density at radius 1 is 1.47 bits per heavy atom. The van der Waals surface area contributed by atoms with Gasteiger partial charge in [-0.05, 0) is 9.65 Å². The second kappa shape index (κ2) is 5.87. The molecule has 1 aromatic carbocycles. The molecule has 0 radical (unpaired) electrons. The predicted octanol–water partition coefficient (Wildman–Crippen LogP) is 2.21. The summed E-state index contributed by atoms with van der Waals surface area (Å²) in [5, 5.41) is 9.91. The van der Waals surface area contributed by atoms with Crippen molar-refractivity contribution in [2.75, 3.05) is 7.11 Å². The van der Waals surface area contributed by atoms with Gasteiger partial charge in [-0.25, -0.2) is 4.79 Å². The Bertz CT molecular complexity index is 359. The second-order valence-corrected chi connectivity index (χ2v) is 3.49. The molecule has 0 bridgehead atoms. The normalized spacial score (nSPS) is 13.4. The van der Waals surface area contributed by atoms with E-state index in [9.17, 15) is 9.90 Å². The smallest absolute Gasteiger partial charge is 0.337 e. The molecule has 0 aromatic heterocycles. The summed E-state index contributed by atoms with van der Waals surface area (Å²) < 4.78 is 6.10. The van der Waals surface area contributed by atoms with Gasteiger partial charge in [-0.1, -0.05) is 52.9 Å². The van der Waals surface area contributed by atoms with Crippen LogP contribution in [0.2, 0.25) is 0 Å². The molecule has 1 aromatic rings. The summed E-state index contributed by atoms with van der Waals surface area (Å²) in [5.41, 5.74) is 0.912. The van der Waals surface area contributed by atoms with Crippen molar-refractivity contribution in [3.8, 4) is 0 Å². The molecule has 1 atom stereocenters. The van der Waals surface area contributed by atoms with Crippen LogP contribution < -0.4 is 0 Å². The molecule has 1 rings (SSSR count). The van der Waals surface area contributed by atoms with Crippen molar-refractivity contribution < 1.29 is 14.6 Å². The quantitative estimate of drug-likeness (QED) is 0.528. The predicted molar refractivity (Wildman–Crippen MR) is 65.5 cm³/mol. The van der Waals surface area contributed by atoms with Crippen LogP contribution in [-0.4, -0.2) is 18.2 Å². The number of rotatable bonds is 3. The molecule has 1 unspecified atom stereocenters. The summed E-state index contributed by atoms with van der Waals surface area (Å²) in [7, 11) is 1.29. The van der Waals surface area contributed by atoms with E-state index in [1.165, 1.54) is 11.2 Å². The number of carbonyl (C=O) groups excluding carboxylic acids is 1. The SMILES string of the molecule is COC(=O)C(=CI)C(O)c1ccccc1. The molecule has 3 nitrogen and oxygen atoms in total. The minimum absolute atomic E-state index is 0.240. The number of halogens is 1. The molecule has 0 saturated heterocycles. The average molecular weight is 318 g/mol. The standard InChI is InChI=1S/C11H11IO3/c1-15-11(14)9(7-12)10(13)8-5-3-2-4-6-8/h2-7,10,13H,1H3. The number of esters is 1. The van der Waals surface area contributed by atoms with Crippen LogP contribution in [0.1, 0.15) is 11.7 Å². The van der Waals surface area contributed by atoms with E-state index in [1.807, 2.05) is 28.7 Å². The van der Waals surface area contributed by atoms with Crippen molar-refractivity contribution in [1.29, 1.82) is 0 Å². The van der Waals surface area contributed by atoms with Gasteiger partial charge in [0.25, 0.3) is 0 Å². The number of hydrogen-bond acceptors (Lipinski definition) is 3. The molecule has 0 amide bonds. The lowest BCUT2D eigenvalue weighted by Crippen LogP contribution is -2.12. The van der Waals surface area contributed by atoms with E-state index >= 15 is 0 Å². The summed E-state index contributed by atoms with van der Waals surface area (Å²) in [4.78, 5) is 11.3. The number of benzene rings is 1. The van der Waals surface area contributed by atoms with Crippen molar-refractivity contribution in [2.45, 2.75) is 6.10 Å². The van der Waals surface area contributed by atoms with Crippen LogP contribution in [0.25, 0.3) is 0 Å². The molecule has 15 heavy (non-hydrogen) atoms. The van der Waals surface area contributed by atoms with Gasteiger partial charge in [0, 0.05) is 0 Å². The first-order valence-electron chi connectivity index (χ1n) is 4.32. The number of aliphatic hydroxyl groups is 1. The highest BCUT2D eigenvalue weighted by Gasteiger charge is 2.20. The van der Waals surface area contributed by atoms with Crippen LogP contribution in [0, 0.1) is 0 Å². The van der Waals surface area contributed by atoms with Crippen molar-refractivity contribution in [2.24, 2.45) is 0 Å². The van der Waals surface area contributed by atoms with Crippen LogP contribution in [0.15, 0.2) is 40.0 Å². The topological polar surface area (TPSA) is 46.5 Å². The minimum atomic E-state index is -0.935. The van der Waals surface area contributed by atoms with Crippen molar-refractivity contribution >= 4 is 28.6 Å². The number of aliphatic hydroxyl groups excluding tert-OH is 1. The number of carbonyl (C=O) groups is 1. The molecule has 0 fully saturated rings. The third kappa shape index (κ3) is 3.04. The Balaban J connectivity index is 2.93. The van der Waals surface area contributed by atoms with E-state index in [-0.39, 0.29) is 5.57 Å². The number of methoxy groups -OCH3 is 1. The van der Waals surface area contributed by atoms with Crippen molar-refractivity contribution in [3.05, 3.63) is 45.6 Å². The molecule has 0 aliphatic rings. The third-order valence-electron chi connectivity index (χ3n) is 1.95. The van der Waals surface area contributed by atoms with E-state index in [0.717, 1.165) is 0 Å². The molecule has 0 aliphatic heterocycles. The Hall–Kier alpha value is -0.880. The molecular formula is C11H11IO3. The zero-order valence-electron chi connectivity index (χ0n) is 8.18. The summed E-state index contributed by atoms with van der Waals surface area (Å²) in [6.45, 7) is 0. The molecule has 80 valence electrons. The minimum Gasteiger partial charge on any atom is -0.466 e. The van der Waals surface area contributed by atoms with E-state index in [4.69, 9.17) is 0 Å². The van der Waals surface area contributed by atoms with Gasteiger partial charge >= 0.3 is 5.97 Å². The molecular weight excluding hydrogens is 307 g/mol. The van der Waals surface area contributed by atoms with E-state index in [0.29, 0.717) is 5.56 Å². The first-order chi connectivity index (χ1) is 7.20. The summed E-state index contributed by atoms with van der Waals surface area (Å²) in [6.07, 6.45) is -0.935. The van der Waals surface area contributed by atoms with Crippen LogP contribution in [0.3, 0.4) is 0 Å². The van der Waals surface area contributed by atoms with Crippen LogP contribution in [-0.2, 0) is 9.53 Å². The Morgan fingerprint density at radius 3 is 2.53 bits per heavy atom. The summed E-state index contributed by atoms with van der Waals surface area (Å²) >= 11 is 1.91. The van der Waals surface area contributed by atoms with Gasteiger partial charge < -0.3 is 9.84 Å². The maximum absolute atomic E-state index is 11.3. The van der Waals surface area contributed by atoms with Crippen LogP contribution in [0.4, 0.5) is 0 Å². The largest absolute Gasteiger partial charge is 0.466 e. The van der Waals surface area contributed by atoms with Gasteiger partial charge in [0.15, 0.2) is 0 Å². The van der Waals surface area contributed by atoms with Gasteiger partial charge in [0.2, 0.25) is 0 Å². The van der Waals surface area contributed by atoms with Gasteiger partial charge in [0.1, 0.15) is 6.10 Å². The lowest BCUT2D eigenvalue weighted by Gasteiger charge is -2.12. The van der Waals surface area contributed by atoms with Gasteiger partial charge in [0.05, 0.1) is 12.7 Å². The first kappa shape index (κ1) is 12.2. The van der Waals surface area contributed by atoms with E-state index in [2.05, 4.69) is 4.74 Å². The zero-order chi connectivity index (χ0) is 11.3. The lowest BCUT2D eigenvalue weighted by molar-refractivity contribution is -0.137. The number of hydrogen-bond donors (Lipinski definition) is 1. The maximum atomic E-state index is 11.3. The molecule has 0 spiro atoms. The van der Waals surface area contributed by atoms with Gasteiger partial charge in [-0.3, -0.25) is 0 Å². The maximum Gasteiger partial charge on any atom is 0.337 e. The van der Waals surface area contributed by atoms with Crippen LogP contribution in [0.5, 0.6) is 0 Å². The Labute approximate surface area is 102 Å². The third-order valence-corrected chi connectivity index (χ3v) is 2.62. The number of ether oxygens (including phenoxy) is 1. The Kier molecular flexibility index (Phi) is 4.77. The van der Waals surface area contributed by atoms with Crippen molar-refractivity contribution in [1.82, 2.24) is 0 Å². The van der Waals surface area contributed by atoms with Gasteiger partial charge in [-0.2, -0.15) is 0 Å². The fraction of sp³-hybridized carbons (Fsp3) is 0.182. The molecule has 0 heterocycles. The fourth-order valence-corrected chi connectivity index (χ4v) is 1.74. The summed E-state index contributed by atoms with van der Waals surface area (Å²) in [6, 6.07) is 8.98. The van der Waals surface area contributed by atoms with Crippen molar-refractivity contribution in [3.63, 3.8) is 0 Å². The molecule has 4 heteroatoms. The van der Waals surface area contributed by atoms with Gasteiger partial charge in [-0.15, -0.1) is 0 Å². The summed E-state index contributed by atoms with van der Waals surface area (Å²) in [5.74, 6) is -0.513. The average Bonchev–Trinajstić information content (AvgIpc) is 2.30. The highest BCUT2D eigenvalue weighted by molar-refractivity contribution is 14.1. The first-order valence-corrected chi connectivity index (χ1v) is 5.57. The molecule has 0 saturated carbocycles. The highest BCUT2D eigenvalue weighted by Crippen LogP contribution is 2.23. The molecule has 1 N–H and O–H groups in total. The lowest BCUT2D eigenvalue weighted by atomic mass is 10.0. The van der Waals surface area contributed by atoms with E-state index < -0.39 is 12.1 Å². The molecule has 0 aliphatic carbocycles. The highest BCUT2D eigenvalue weighted by atomic mass is 127. The zero-order valence-corrected chi connectivity index (χ0v) is 10.3. The van der Waals surface area contributed by atoms with Crippen LogP contribution >= 0.6 is 22.6 Å². The van der Waals surface area contributed by atoms with E-state index in [1.54, 1.807) is 24.3 Å².